The highest BCUT2D eigenvalue weighted by Crippen LogP contribution is 2.29. The molecule has 3 amide bonds. The molecule has 0 spiro atoms. The zero-order valence-corrected chi connectivity index (χ0v) is 19.3. The molecule has 34 heavy (non-hydrogen) atoms. The first-order chi connectivity index (χ1) is 16.0. The summed E-state index contributed by atoms with van der Waals surface area (Å²) in [5, 5.41) is 10.7. The van der Waals surface area contributed by atoms with Crippen molar-refractivity contribution in [2.45, 2.75) is 39.5 Å². The Morgan fingerprint density at radius 1 is 0.971 bits per heavy atom. The van der Waals surface area contributed by atoms with Gasteiger partial charge in [0.25, 0.3) is 5.91 Å². The monoisotopic (exact) mass is 478 g/mol. The van der Waals surface area contributed by atoms with Gasteiger partial charge in [0.2, 0.25) is 11.8 Å². The lowest BCUT2D eigenvalue weighted by molar-refractivity contribution is -0.137. The summed E-state index contributed by atoms with van der Waals surface area (Å²) in [6.07, 6.45) is -4.58. The van der Waals surface area contributed by atoms with Crippen LogP contribution >= 0.6 is 0 Å². The minimum atomic E-state index is -4.58. The maximum atomic E-state index is 12.8. The molecule has 0 unspecified atom stereocenters. The minimum absolute atomic E-state index is 0.0327. The molecule has 0 fully saturated rings. The Labute approximate surface area is 196 Å². The van der Waals surface area contributed by atoms with E-state index in [4.69, 9.17) is 0 Å². The molecule has 184 valence electrons. The zero-order chi connectivity index (χ0) is 25.3. The molecule has 0 bridgehead atoms. The fourth-order valence-electron chi connectivity index (χ4n) is 3.21. The summed E-state index contributed by atoms with van der Waals surface area (Å²) in [6, 6.07) is 9.18. The zero-order valence-electron chi connectivity index (χ0n) is 19.3. The van der Waals surface area contributed by atoms with Crippen molar-refractivity contribution in [2.75, 3.05) is 19.6 Å². The largest absolute Gasteiger partial charge is 0.416 e. The van der Waals surface area contributed by atoms with Crippen molar-refractivity contribution >= 4 is 17.7 Å². The van der Waals surface area contributed by atoms with Crippen LogP contribution in [0.5, 0.6) is 0 Å². The van der Waals surface area contributed by atoms with Gasteiger partial charge in [-0.15, -0.1) is 0 Å². The van der Waals surface area contributed by atoms with Gasteiger partial charge in [0.1, 0.15) is 6.04 Å². The predicted octanol–water partition coefficient (Wildman–Crippen LogP) is 2.46. The lowest BCUT2D eigenvalue weighted by atomic mass is 10.1. The fraction of sp³-hybridized carbons (Fsp3) is 0.375. The van der Waals surface area contributed by atoms with Crippen molar-refractivity contribution in [3.63, 3.8) is 0 Å². The Balaban J connectivity index is 1.91. The van der Waals surface area contributed by atoms with Gasteiger partial charge in [0.15, 0.2) is 0 Å². The average molecular weight is 479 g/mol. The van der Waals surface area contributed by atoms with E-state index < -0.39 is 36.1 Å². The maximum absolute atomic E-state index is 12.8. The van der Waals surface area contributed by atoms with Crippen LogP contribution in [0.25, 0.3) is 0 Å². The molecule has 10 heteroatoms. The summed E-state index contributed by atoms with van der Waals surface area (Å²) < 4.78 is 38.5. The van der Waals surface area contributed by atoms with Crippen molar-refractivity contribution in [2.24, 2.45) is 0 Å². The number of carbonyl (C=O) groups is 3. The number of amides is 3. The number of aryl methyl sites for hydroxylation is 2. The van der Waals surface area contributed by atoms with Crippen LogP contribution in [0.2, 0.25) is 0 Å². The van der Waals surface area contributed by atoms with Crippen LogP contribution in [0.4, 0.5) is 13.2 Å². The summed E-state index contributed by atoms with van der Waals surface area (Å²) in [6.45, 7) is 6.09. The van der Waals surface area contributed by atoms with Crippen LogP contribution in [-0.4, -0.2) is 43.4 Å². The lowest BCUT2D eigenvalue weighted by Gasteiger charge is -2.19. The highest BCUT2D eigenvalue weighted by atomic mass is 19.4. The van der Waals surface area contributed by atoms with Crippen LogP contribution in [0.3, 0.4) is 0 Å². The number of alkyl halides is 3. The van der Waals surface area contributed by atoms with Gasteiger partial charge < -0.3 is 21.3 Å². The van der Waals surface area contributed by atoms with E-state index in [0.29, 0.717) is 13.1 Å². The second-order valence-corrected chi connectivity index (χ2v) is 7.82. The molecule has 0 aliphatic heterocycles. The Bertz CT molecular complexity index is 1020. The van der Waals surface area contributed by atoms with Crippen molar-refractivity contribution in [1.82, 2.24) is 21.3 Å². The molecule has 0 heterocycles. The summed E-state index contributed by atoms with van der Waals surface area (Å²) in [4.78, 5) is 36.7. The number of nitrogens with one attached hydrogen (secondary N) is 4. The van der Waals surface area contributed by atoms with Crippen molar-refractivity contribution < 1.29 is 27.6 Å². The predicted molar refractivity (Wildman–Crippen MR) is 122 cm³/mol. The molecule has 0 saturated heterocycles. The maximum Gasteiger partial charge on any atom is 0.416 e. The third-order valence-corrected chi connectivity index (χ3v) is 5.07. The second-order valence-electron chi connectivity index (χ2n) is 7.82. The molecule has 2 aromatic rings. The van der Waals surface area contributed by atoms with E-state index in [1.54, 1.807) is 6.92 Å². The topological polar surface area (TPSA) is 99.3 Å². The van der Waals surface area contributed by atoms with Gasteiger partial charge in [-0.25, -0.2) is 0 Å². The van der Waals surface area contributed by atoms with Gasteiger partial charge in [0.05, 0.1) is 12.1 Å². The summed E-state index contributed by atoms with van der Waals surface area (Å²) in [5.74, 6) is -1.68. The van der Waals surface area contributed by atoms with E-state index in [1.165, 1.54) is 6.07 Å². The quantitative estimate of drug-likeness (QED) is 0.422. The molecular weight excluding hydrogens is 449 g/mol. The number of rotatable bonds is 10. The van der Waals surface area contributed by atoms with Crippen molar-refractivity contribution in [3.05, 3.63) is 70.3 Å². The van der Waals surface area contributed by atoms with Gasteiger partial charge in [-0.2, -0.15) is 13.2 Å². The van der Waals surface area contributed by atoms with Gasteiger partial charge in [-0.05, 0) is 50.1 Å². The highest BCUT2D eigenvalue weighted by molar-refractivity contribution is 5.96. The first kappa shape index (κ1) is 26.8. The van der Waals surface area contributed by atoms with Gasteiger partial charge >= 0.3 is 6.18 Å². The van der Waals surface area contributed by atoms with Gasteiger partial charge in [-0.3, -0.25) is 14.4 Å². The third kappa shape index (κ3) is 8.18. The average Bonchev–Trinajstić information content (AvgIpc) is 2.78. The Morgan fingerprint density at radius 2 is 1.71 bits per heavy atom. The molecule has 0 aliphatic carbocycles. The summed E-state index contributed by atoms with van der Waals surface area (Å²) >= 11 is 0. The Morgan fingerprint density at radius 3 is 2.35 bits per heavy atom. The second kappa shape index (κ2) is 12.2. The number of hydrogen-bond acceptors (Lipinski definition) is 4. The summed E-state index contributed by atoms with van der Waals surface area (Å²) in [7, 11) is 0. The van der Waals surface area contributed by atoms with Crippen LogP contribution < -0.4 is 21.3 Å². The van der Waals surface area contributed by atoms with Gasteiger partial charge in [-0.1, -0.05) is 29.8 Å². The molecular formula is C24H29F3N4O3. The highest BCUT2D eigenvalue weighted by Gasteiger charge is 2.31. The van der Waals surface area contributed by atoms with E-state index in [0.717, 1.165) is 34.9 Å². The van der Waals surface area contributed by atoms with E-state index in [1.807, 2.05) is 32.0 Å². The Kier molecular flexibility index (Phi) is 9.61. The third-order valence-electron chi connectivity index (χ3n) is 5.07. The number of halogens is 3. The molecule has 0 aromatic heterocycles. The standard InChI is InChI=1S/C24H29F3N4O3/c1-4-28-23(34)20(29-12-18-9-8-15(2)10-16(18)3)13-30-21(32)14-31-22(33)17-6-5-7-19(11-17)24(25,26)27/h5-11,20,29H,4,12-14H2,1-3H3,(H,28,34)(H,30,32)(H,31,33)/t20-/m1/s1. The molecule has 2 rings (SSSR count). The number of benzene rings is 2. The van der Waals surface area contributed by atoms with E-state index >= 15 is 0 Å². The lowest BCUT2D eigenvalue weighted by Crippen LogP contribution is -2.51. The first-order valence-corrected chi connectivity index (χ1v) is 10.8. The van der Waals surface area contributed by atoms with Crippen molar-refractivity contribution in [3.8, 4) is 0 Å². The normalized spacial score (nSPS) is 12.1. The van der Waals surface area contributed by atoms with E-state index in [-0.39, 0.29) is 18.0 Å². The molecule has 7 nitrogen and oxygen atoms in total. The molecule has 0 saturated carbocycles. The van der Waals surface area contributed by atoms with Crippen LogP contribution in [-0.2, 0) is 22.3 Å². The number of likely N-dealkylation sites (N-methyl/N-ethyl adjacent to an activating group) is 1. The summed E-state index contributed by atoms with van der Waals surface area (Å²) in [5.41, 5.74) is 2.05. The Hall–Kier alpha value is -3.40. The molecule has 0 radical (unpaired) electrons. The van der Waals surface area contributed by atoms with Crippen LogP contribution in [0.15, 0.2) is 42.5 Å². The van der Waals surface area contributed by atoms with Crippen molar-refractivity contribution in [1.29, 1.82) is 0 Å². The number of hydrogen-bond donors (Lipinski definition) is 4. The smallest absolute Gasteiger partial charge is 0.355 e. The van der Waals surface area contributed by atoms with Gasteiger partial charge in [0, 0.05) is 25.2 Å². The molecule has 0 aliphatic rings. The minimum Gasteiger partial charge on any atom is -0.355 e. The molecule has 4 N–H and O–H groups in total. The van der Waals surface area contributed by atoms with E-state index in [2.05, 4.69) is 21.3 Å². The molecule has 1 atom stereocenters. The fourth-order valence-corrected chi connectivity index (χ4v) is 3.21. The van der Waals surface area contributed by atoms with E-state index in [9.17, 15) is 27.6 Å². The number of carbonyl (C=O) groups excluding carboxylic acids is 3. The van der Waals surface area contributed by atoms with Crippen LogP contribution in [0.1, 0.15) is 39.5 Å². The first-order valence-electron chi connectivity index (χ1n) is 10.8. The van der Waals surface area contributed by atoms with Crippen LogP contribution in [0, 0.1) is 13.8 Å². The molecule has 2 aromatic carbocycles. The SMILES string of the molecule is CCNC(=O)[C@@H](CNC(=O)CNC(=O)c1cccc(C(F)(F)F)c1)NCc1ccc(C)cc1C.